The fourth-order valence-electron chi connectivity index (χ4n) is 11.1. The number of aromatic nitrogens is 8. The van der Waals surface area contributed by atoms with E-state index in [1.54, 1.807) is 12.1 Å². The summed E-state index contributed by atoms with van der Waals surface area (Å²) < 4.78 is 3.86. The Balaban J connectivity index is 0.000000178. The molecule has 4 aromatic heterocycles. The van der Waals surface area contributed by atoms with Gasteiger partial charge < -0.3 is 29.8 Å². The molecule has 0 radical (unpaired) electrons. The highest BCUT2D eigenvalue weighted by molar-refractivity contribution is 6.35. The van der Waals surface area contributed by atoms with Crippen molar-refractivity contribution in [3.8, 4) is 0 Å². The second kappa shape index (κ2) is 22.7. The molecule has 0 aliphatic carbocycles. The molecule has 4 aliphatic heterocycles. The minimum absolute atomic E-state index is 0.104. The van der Waals surface area contributed by atoms with E-state index in [1.165, 1.54) is 25.7 Å². The second-order valence-electron chi connectivity index (χ2n) is 20.3. The van der Waals surface area contributed by atoms with Crippen LogP contribution < -0.4 is 9.80 Å². The van der Waals surface area contributed by atoms with Crippen LogP contribution in [0.1, 0.15) is 99.8 Å². The summed E-state index contributed by atoms with van der Waals surface area (Å²) in [4.78, 5) is 50.3. The van der Waals surface area contributed by atoms with Crippen LogP contribution in [0.2, 0.25) is 20.1 Å². The molecule has 2 aromatic carbocycles. The number of halogens is 4. The summed E-state index contributed by atoms with van der Waals surface area (Å²) in [6.07, 6.45) is 10.5. The Labute approximate surface area is 440 Å². The van der Waals surface area contributed by atoms with Crippen molar-refractivity contribution in [1.29, 1.82) is 0 Å². The van der Waals surface area contributed by atoms with E-state index in [9.17, 15) is 9.59 Å². The van der Waals surface area contributed by atoms with Crippen LogP contribution in [0.5, 0.6) is 0 Å². The Bertz CT molecular complexity index is 2710. The SMILES string of the molecule is Cc1nn([C@H](C)c2ccc(Cl)cc2Cl)c2nc(N3CC([C@@H]4CCCN(CCCC(=O)O)C4)C3)ncc12.Cc1nn([C@H](C)c2ccc(Cl)cc2Cl)c2nc(N3CC([C@H]4CCCN(CCCC(=O)O)C4)C3)ncc12. The first kappa shape index (κ1) is 52.0. The monoisotopic (exact) mass is 1060 g/mol. The predicted molar refractivity (Wildman–Crippen MR) is 284 cm³/mol. The molecule has 4 aliphatic rings. The first-order valence-corrected chi connectivity index (χ1v) is 26.8. The van der Waals surface area contributed by atoms with Crippen LogP contribution in [-0.4, -0.2) is 137 Å². The van der Waals surface area contributed by atoms with Crippen molar-refractivity contribution < 1.29 is 19.8 Å². The number of hydrogen-bond donors (Lipinski definition) is 2. The predicted octanol–water partition coefficient (Wildman–Crippen LogP) is 10.1. The molecule has 72 heavy (non-hydrogen) atoms. The third-order valence-electron chi connectivity index (χ3n) is 15.3. The second-order valence-corrected chi connectivity index (χ2v) is 22.0. The van der Waals surface area contributed by atoms with Crippen LogP contribution >= 0.6 is 46.4 Å². The van der Waals surface area contributed by atoms with Crippen LogP contribution in [0.25, 0.3) is 22.1 Å². The van der Waals surface area contributed by atoms with Crippen molar-refractivity contribution in [1.82, 2.24) is 49.3 Å². The van der Waals surface area contributed by atoms with Gasteiger partial charge in [-0.1, -0.05) is 58.5 Å². The largest absolute Gasteiger partial charge is 0.481 e. The van der Waals surface area contributed by atoms with Crippen LogP contribution in [0.15, 0.2) is 48.8 Å². The number of rotatable bonds is 16. The number of piperidine rings is 2. The summed E-state index contributed by atoms with van der Waals surface area (Å²) in [7, 11) is 0. The molecule has 0 bridgehead atoms. The van der Waals surface area contributed by atoms with Gasteiger partial charge in [-0.2, -0.15) is 20.2 Å². The number of aliphatic carboxylic acids is 2. The Morgan fingerprint density at radius 1 is 0.611 bits per heavy atom. The fourth-order valence-corrected chi connectivity index (χ4v) is 12.2. The van der Waals surface area contributed by atoms with Gasteiger partial charge in [-0.15, -0.1) is 0 Å². The molecule has 10 rings (SSSR count). The molecule has 0 unspecified atom stereocenters. The summed E-state index contributed by atoms with van der Waals surface area (Å²) in [5.41, 5.74) is 5.28. The van der Waals surface area contributed by atoms with Crippen molar-refractivity contribution in [3.05, 3.63) is 91.4 Å². The Hall–Kier alpha value is -4.84. The minimum Gasteiger partial charge on any atom is -0.481 e. The topological polar surface area (TPSA) is 175 Å². The molecule has 8 heterocycles. The minimum atomic E-state index is -0.711. The van der Waals surface area contributed by atoms with Gasteiger partial charge in [0.15, 0.2) is 11.3 Å². The van der Waals surface area contributed by atoms with E-state index >= 15 is 0 Å². The molecular formula is C52H64Cl4N12O4. The van der Waals surface area contributed by atoms with E-state index in [1.807, 2.05) is 59.9 Å². The lowest BCUT2D eigenvalue weighted by Crippen LogP contribution is -2.54. The van der Waals surface area contributed by atoms with E-state index < -0.39 is 11.9 Å². The van der Waals surface area contributed by atoms with Crippen LogP contribution in [0, 0.1) is 37.5 Å². The molecule has 2 N–H and O–H groups in total. The zero-order chi connectivity index (χ0) is 50.8. The zero-order valence-electron chi connectivity index (χ0n) is 41.4. The van der Waals surface area contributed by atoms with Gasteiger partial charge in [0.2, 0.25) is 11.9 Å². The van der Waals surface area contributed by atoms with Crippen LogP contribution in [0.4, 0.5) is 11.9 Å². The number of benzene rings is 2. The molecule has 20 heteroatoms. The molecule has 4 fully saturated rings. The number of likely N-dealkylation sites (tertiary alicyclic amines) is 2. The maximum absolute atomic E-state index is 10.8. The van der Waals surface area contributed by atoms with E-state index in [4.69, 9.17) is 76.8 Å². The number of carboxylic acids is 2. The Kier molecular flexibility index (Phi) is 16.4. The van der Waals surface area contributed by atoms with Gasteiger partial charge in [0.1, 0.15) is 0 Å². The summed E-state index contributed by atoms with van der Waals surface area (Å²) >= 11 is 25.2. The summed E-state index contributed by atoms with van der Waals surface area (Å²) in [6.45, 7) is 17.9. The summed E-state index contributed by atoms with van der Waals surface area (Å²) in [5, 5.41) is 31.7. The average Bonchev–Trinajstić information content (AvgIpc) is 3.83. The normalized spacial score (nSPS) is 20.0. The number of anilines is 2. The van der Waals surface area contributed by atoms with E-state index in [0.717, 1.165) is 135 Å². The molecule has 0 saturated carbocycles. The fraction of sp³-hybridized carbons (Fsp3) is 0.538. The number of fused-ring (bicyclic) bond motifs is 2. The van der Waals surface area contributed by atoms with Gasteiger partial charge in [0.05, 0.1) is 34.2 Å². The Morgan fingerprint density at radius 3 is 1.39 bits per heavy atom. The molecule has 384 valence electrons. The maximum Gasteiger partial charge on any atom is 0.303 e. The number of nitrogens with zero attached hydrogens (tertiary/aromatic N) is 12. The van der Waals surface area contributed by atoms with Crippen LogP contribution in [-0.2, 0) is 9.59 Å². The number of carboxylic acid groups (broad SMARTS) is 2. The average molecular weight is 1060 g/mol. The molecule has 16 nitrogen and oxygen atoms in total. The van der Waals surface area contributed by atoms with Crippen molar-refractivity contribution in [2.24, 2.45) is 23.7 Å². The molecular weight excluding hydrogens is 998 g/mol. The first-order valence-electron chi connectivity index (χ1n) is 25.3. The maximum atomic E-state index is 10.8. The number of aryl methyl sites for hydroxylation is 2. The molecule has 4 saturated heterocycles. The van der Waals surface area contributed by atoms with E-state index in [2.05, 4.69) is 43.4 Å². The van der Waals surface area contributed by atoms with Gasteiger partial charge in [-0.25, -0.2) is 19.3 Å². The summed E-state index contributed by atoms with van der Waals surface area (Å²) in [6, 6.07) is 10.9. The quantitative estimate of drug-likeness (QED) is 0.0937. The number of carbonyl (C=O) groups is 2. The third-order valence-corrected chi connectivity index (χ3v) is 16.5. The first-order chi connectivity index (χ1) is 34.6. The van der Waals surface area contributed by atoms with Crippen molar-refractivity contribution in [3.63, 3.8) is 0 Å². The molecule has 6 aromatic rings. The standard InChI is InChI=1S/2C26H32Cl2N6O2/c2*1-16-22-12-29-26(30-25(22)34(31-16)17(2)21-8-7-20(27)11-23(21)28)33-14-19(15-33)18-5-3-9-32(13-18)10-4-6-24(35)36/h2*7-8,11-12,17-19H,3-6,9-10,13-15H2,1-2H3,(H,35,36)/t17-,18+;17-,18-/m11/s1. The van der Waals surface area contributed by atoms with Crippen molar-refractivity contribution >= 4 is 92.3 Å². The third kappa shape index (κ3) is 11.7. The van der Waals surface area contributed by atoms with Gasteiger partial charge >= 0.3 is 11.9 Å². The van der Waals surface area contributed by atoms with Gasteiger partial charge in [-0.3, -0.25) is 9.59 Å². The Morgan fingerprint density at radius 2 is 1.01 bits per heavy atom. The summed E-state index contributed by atoms with van der Waals surface area (Å²) in [5.74, 6) is 2.57. The molecule has 0 spiro atoms. The van der Waals surface area contributed by atoms with Gasteiger partial charge in [0, 0.05) is 84.6 Å². The smallest absolute Gasteiger partial charge is 0.303 e. The highest BCUT2D eigenvalue weighted by Gasteiger charge is 2.39. The van der Waals surface area contributed by atoms with Gasteiger partial charge in [-0.05, 0) is 151 Å². The lowest BCUT2D eigenvalue weighted by Gasteiger charge is -2.46. The highest BCUT2D eigenvalue weighted by atomic mass is 35.5. The van der Waals surface area contributed by atoms with Crippen molar-refractivity contribution in [2.75, 3.05) is 75.2 Å². The van der Waals surface area contributed by atoms with E-state index in [-0.39, 0.29) is 24.9 Å². The zero-order valence-corrected chi connectivity index (χ0v) is 44.4. The lowest BCUT2D eigenvalue weighted by molar-refractivity contribution is -0.138. The lowest BCUT2D eigenvalue weighted by atomic mass is 9.80. The van der Waals surface area contributed by atoms with E-state index in [0.29, 0.717) is 43.8 Å². The van der Waals surface area contributed by atoms with Crippen LogP contribution in [0.3, 0.4) is 0 Å². The number of hydrogen-bond acceptors (Lipinski definition) is 12. The molecule has 0 amide bonds. The molecule has 4 atom stereocenters. The van der Waals surface area contributed by atoms with Gasteiger partial charge in [0.25, 0.3) is 0 Å². The highest BCUT2D eigenvalue weighted by Crippen LogP contribution is 2.37. The van der Waals surface area contributed by atoms with Crippen molar-refractivity contribution in [2.45, 2.75) is 91.1 Å².